The van der Waals surface area contributed by atoms with Crippen molar-refractivity contribution < 1.29 is 13.5 Å². The van der Waals surface area contributed by atoms with Gasteiger partial charge in [-0.3, -0.25) is 10.4 Å². The van der Waals surface area contributed by atoms with Crippen LogP contribution in [-0.2, 0) is 11.3 Å². The van der Waals surface area contributed by atoms with Gasteiger partial charge in [-0.05, 0) is 6.07 Å². The lowest BCUT2D eigenvalue weighted by molar-refractivity contribution is 0.00975. The van der Waals surface area contributed by atoms with Gasteiger partial charge in [0.2, 0.25) is 0 Å². The van der Waals surface area contributed by atoms with Crippen LogP contribution in [0.15, 0.2) is 18.3 Å². The molecule has 1 aromatic heterocycles. The maximum Gasteiger partial charge on any atom is 0.261 e. The van der Waals surface area contributed by atoms with E-state index in [-0.39, 0.29) is 18.1 Å². The molecule has 1 rings (SSSR count). The summed E-state index contributed by atoms with van der Waals surface area (Å²) in [4.78, 5) is 3.86. The fourth-order valence-corrected chi connectivity index (χ4v) is 1.06. The summed E-state index contributed by atoms with van der Waals surface area (Å²) in [5.74, 6) is -0.203. The minimum absolute atomic E-state index is 0.0207. The maximum absolute atomic E-state index is 11.8. The zero-order valence-corrected chi connectivity index (χ0v) is 7.91. The smallest absolute Gasteiger partial charge is 0.261 e. The summed E-state index contributed by atoms with van der Waals surface area (Å²) < 4.78 is 28.3. The highest BCUT2D eigenvalue weighted by Gasteiger charge is 2.07. The molecule has 82 valence electrons. The van der Waals surface area contributed by atoms with Crippen LogP contribution >= 0.6 is 0 Å². The number of halogens is 2. The van der Waals surface area contributed by atoms with E-state index in [1.165, 1.54) is 6.20 Å². The number of amidine groups is 1. The molecule has 6 heteroatoms. The fourth-order valence-electron chi connectivity index (χ4n) is 1.06. The highest BCUT2D eigenvalue weighted by Crippen LogP contribution is 2.07. The normalized spacial score (nSPS) is 10.6. The Bertz CT molecular complexity index is 344. The molecule has 1 aromatic rings. The average Bonchev–Trinajstić information content (AvgIpc) is 2.17. The van der Waals surface area contributed by atoms with Crippen LogP contribution in [0.25, 0.3) is 0 Å². The molecule has 0 aliphatic carbocycles. The fraction of sp³-hybridized carbons (Fsp3) is 0.333. The summed E-state index contributed by atoms with van der Waals surface area (Å²) in [6, 6.07) is 3.27. The number of rotatable bonds is 5. The predicted molar refractivity (Wildman–Crippen MR) is 50.9 cm³/mol. The first-order valence-electron chi connectivity index (χ1n) is 4.25. The van der Waals surface area contributed by atoms with Crippen molar-refractivity contribution in [3.05, 3.63) is 29.6 Å². The summed E-state index contributed by atoms with van der Waals surface area (Å²) in [6.45, 7) is -0.653. The third-order valence-corrected chi connectivity index (χ3v) is 1.65. The van der Waals surface area contributed by atoms with Gasteiger partial charge in [-0.1, -0.05) is 6.07 Å². The van der Waals surface area contributed by atoms with Gasteiger partial charge >= 0.3 is 0 Å². The van der Waals surface area contributed by atoms with Crippen molar-refractivity contribution in [1.82, 2.24) is 4.98 Å². The largest absolute Gasteiger partial charge is 0.382 e. The Morgan fingerprint density at radius 3 is 2.93 bits per heavy atom. The Hall–Kier alpha value is -1.56. The first-order chi connectivity index (χ1) is 7.11. The number of nitrogens with zero attached hydrogens (tertiary/aromatic N) is 1. The summed E-state index contributed by atoms with van der Waals surface area (Å²) in [5, 5.41) is 7.21. The first kappa shape index (κ1) is 11.5. The number of hydrogen-bond donors (Lipinski definition) is 2. The molecule has 0 bridgehead atoms. The second-order valence-electron chi connectivity index (χ2n) is 2.83. The summed E-state index contributed by atoms with van der Waals surface area (Å²) >= 11 is 0. The van der Waals surface area contributed by atoms with Crippen molar-refractivity contribution >= 4 is 5.84 Å². The molecule has 0 saturated heterocycles. The van der Waals surface area contributed by atoms with Gasteiger partial charge in [0.1, 0.15) is 18.1 Å². The Morgan fingerprint density at radius 2 is 2.33 bits per heavy atom. The lowest BCUT2D eigenvalue weighted by atomic mass is 10.2. The van der Waals surface area contributed by atoms with Gasteiger partial charge in [-0.25, -0.2) is 8.78 Å². The third kappa shape index (κ3) is 3.59. The van der Waals surface area contributed by atoms with Crippen molar-refractivity contribution in [3.8, 4) is 0 Å². The van der Waals surface area contributed by atoms with E-state index < -0.39 is 13.0 Å². The third-order valence-electron chi connectivity index (χ3n) is 1.65. The molecular weight excluding hydrogens is 204 g/mol. The minimum atomic E-state index is -2.50. The highest BCUT2D eigenvalue weighted by atomic mass is 19.3. The van der Waals surface area contributed by atoms with Crippen LogP contribution in [0, 0.1) is 5.41 Å². The molecule has 0 aliphatic heterocycles. The monoisotopic (exact) mass is 215 g/mol. The van der Waals surface area contributed by atoms with Gasteiger partial charge < -0.3 is 10.5 Å². The zero-order chi connectivity index (χ0) is 11.3. The molecule has 0 fully saturated rings. The first-order valence-corrected chi connectivity index (χ1v) is 4.25. The topological polar surface area (TPSA) is 72.0 Å². The molecule has 0 radical (unpaired) electrons. The molecule has 0 aromatic carbocycles. The number of pyridine rings is 1. The number of nitrogens with one attached hydrogen (secondary N) is 1. The van der Waals surface area contributed by atoms with E-state index in [1.54, 1.807) is 12.1 Å². The van der Waals surface area contributed by atoms with Gasteiger partial charge in [-0.15, -0.1) is 0 Å². The zero-order valence-electron chi connectivity index (χ0n) is 7.91. The Morgan fingerprint density at radius 1 is 1.60 bits per heavy atom. The van der Waals surface area contributed by atoms with Crippen LogP contribution in [-0.4, -0.2) is 23.9 Å². The van der Waals surface area contributed by atoms with Gasteiger partial charge in [0, 0.05) is 11.8 Å². The maximum atomic E-state index is 11.8. The number of ether oxygens (including phenoxy) is 1. The van der Waals surface area contributed by atoms with Crippen LogP contribution in [0.5, 0.6) is 0 Å². The molecule has 0 aliphatic rings. The number of aromatic nitrogens is 1. The van der Waals surface area contributed by atoms with E-state index in [9.17, 15) is 8.78 Å². The summed E-state index contributed by atoms with van der Waals surface area (Å²) in [5.41, 5.74) is 6.07. The number of hydrogen-bond acceptors (Lipinski definition) is 3. The van der Waals surface area contributed by atoms with Gasteiger partial charge in [-0.2, -0.15) is 0 Å². The number of nitrogens with two attached hydrogens (primary N) is 1. The Balaban J connectivity index is 2.63. The molecular formula is C9H11F2N3O. The van der Waals surface area contributed by atoms with Crippen LogP contribution < -0.4 is 5.73 Å². The molecule has 4 nitrogen and oxygen atoms in total. The minimum Gasteiger partial charge on any atom is -0.382 e. The Kier molecular flexibility index (Phi) is 4.11. The second kappa shape index (κ2) is 5.35. The SMILES string of the molecule is N=C(N)c1ncccc1COCC(F)F. The van der Waals surface area contributed by atoms with Crippen molar-refractivity contribution in [3.63, 3.8) is 0 Å². The van der Waals surface area contributed by atoms with Gasteiger partial charge in [0.05, 0.1) is 6.61 Å². The lowest BCUT2D eigenvalue weighted by Gasteiger charge is -2.07. The number of nitrogen functional groups attached to an aromatic ring is 1. The average molecular weight is 215 g/mol. The standard InChI is InChI=1S/C9H11F2N3O/c10-7(11)5-15-4-6-2-1-3-14-8(6)9(12)13/h1-3,7H,4-5H2,(H3,12,13). The number of alkyl halides is 2. The van der Waals surface area contributed by atoms with E-state index in [4.69, 9.17) is 15.9 Å². The highest BCUT2D eigenvalue weighted by molar-refractivity contribution is 5.94. The molecule has 3 N–H and O–H groups in total. The lowest BCUT2D eigenvalue weighted by Crippen LogP contribution is -2.16. The molecule has 1 heterocycles. The summed E-state index contributed by atoms with van der Waals surface area (Å²) in [6.07, 6.45) is -1.02. The molecule has 0 unspecified atom stereocenters. The van der Waals surface area contributed by atoms with E-state index in [1.807, 2.05) is 0 Å². The summed E-state index contributed by atoms with van der Waals surface area (Å²) in [7, 11) is 0. The van der Waals surface area contributed by atoms with E-state index in [0.29, 0.717) is 5.56 Å². The van der Waals surface area contributed by atoms with Crippen LogP contribution in [0.3, 0.4) is 0 Å². The van der Waals surface area contributed by atoms with E-state index >= 15 is 0 Å². The second-order valence-corrected chi connectivity index (χ2v) is 2.83. The molecule has 0 amide bonds. The van der Waals surface area contributed by atoms with Crippen LogP contribution in [0.4, 0.5) is 8.78 Å². The van der Waals surface area contributed by atoms with E-state index in [2.05, 4.69) is 4.98 Å². The molecule has 0 spiro atoms. The quantitative estimate of drug-likeness (QED) is 0.571. The predicted octanol–water partition coefficient (Wildman–Crippen LogP) is 1.15. The van der Waals surface area contributed by atoms with E-state index in [0.717, 1.165) is 0 Å². The van der Waals surface area contributed by atoms with Crippen molar-refractivity contribution in [2.45, 2.75) is 13.0 Å². The molecule has 0 atom stereocenters. The molecule has 15 heavy (non-hydrogen) atoms. The van der Waals surface area contributed by atoms with Crippen molar-refractivity contribution in [2.75, 3.05) is 6.61 Å². The van der Waals surface area contributed by atoms with Crippen LogP contribution in [0.1, 0.15) is 11.3 Å². The van der Waals surface area contributed by atoms with Gasteiger partial charge in [0.15, 0.2) is 0 Å². The van der Waals surface area contributed by atoms with Gasteiger partial charge in [0.25, 0.3) is 6.43 Å². The van der Waals surface area contributed by atoms with Crippen molar-refractivity contribution in [2.24, 2.45) is 5.73 Å². The van der Waals surface area contributed by atoms with Crippen molar-refractivity contribution in [1.29, 1.82) is 5.41 Å². The molecule has 0 saturated carbocycles. The Labute approximate surface area is 85.6 Å². The van der Waals surface area contributed by atoms with Crippen LogP contribution in [0.2, 0.25) is 0 Å².